The average molecular weight is 283 g/mol. The Kier molecular flexibility index (Phi) is 3.64. The van der Waals surface area contributed by atoms with Crippen LogP contribution in [0.5, 0.6) is 0 Å². The van der Waals surface area contributed by atoms with E-state index < -0.39 is 21.9 Å². The van der Waals surface area contributed by atoms with Crippen molar-refractivity contribution < 1.29 is 18.3 Å². The van der Waals surface area contributed by atoms with Crippen LogP contribution in [0.3, 0.4) is 0 Å². The Hall–Kier alpha value is -1.40. The van der Waals surface area contributed by atoms with E-state index in [1.165, 1.54) is 4.31 Å². The molecule has 5 nitrogen and oxygen atoms in total. The molecular formula is C13H17NO4S. The van der Waals surface area contributed by atoms with Gasteiger partial charge in [0, 0.05) is 13.1 Å². The van der Waals surface area contributed by atoms with Gasteiger partial charge in [0.1, 0.15) is 0 Å². The molecule has 0 saturated carbocycles. The normalized spacial score (nSPS) is 20.6. The average Bonchev–Trinajstić information content (AvgIpc) is 2.78. The van der Waals surface area contributed by atoms with Crippen LogP contribution in [0.25, 0.3) is 0 Å². The number of hydrogen-bond donors (Lipinski definition) is 1. The van der Waals surface area contributed by atoms with E-state index in [1.54, 1.807) is 19.1 Å². The lowest BCUT2D eigenvalue weighted by Gasteiger charge is -2.17. The van der Waals surface area contributed by atoms with Gasteiger partial charge in [0.25, 0.3) is 0 Å². The van der Waals surface area contributed by atoms with Gasteiger partial charge in [-0.3, -0.25) is 4.79 Å². The number of carboxylic acids is 1. The van der Waals surface area contributed by atoms with Crippen LogP contribution >= 0.6 is 0 Å². The SMILES string of the molecule is Cc1ccc(S(=O)(=O)N2CCC(C(=O)O)C2)c(C)c1. The summed E-state index contributed by atoms with van der Waals surface area (Å²) in [6.07, 6.45) is 0.374. The molecule has 0 bridgehead atoms. The van der Waals surface area contributed by atoms with Gasteiger partial charge >= 0.3 is 5.97 Å². The molecule has 2 rings (SSSR count). The number of benzene rings is 1. The van der Waals surface area contributed by atoms with E-state index in [0.29, 0.717) is 12.0 Å². The molecule has 6 heteroatoms. The fourth-order valence-corrected chi connectivity index (χ4v) is 4.08. The lowest BCUT2D eigenvalue weighted by molar-refractivity contribution is -0.141. The van der Waals surface area contributed by atoms with Crippen LogP contribution in [0.2, 0.25) is 0 Å². The van der Waals surface area contributed by atoms with Gasteiger partial charge in [-0.1, -0.05) is 17.7 Å². The zero-order valence-electron chi connectivity index (χ0n) is 11.0. The minimum atomic E-state index is -3.58. The maximum absolute atomic E-state index is 12.5. The quantitative estimate of drug-likeness (QED) is 0.910. The van der Waals surface area contributed by atoms with Crippen LogP contribution in [0.15, 0.2) is 23.1 Å². The molecule has 0 aliphatic carbocycles. The Balaban J connectivity index is 2.31. The summed E-state index contributed by atoms with van der Waals surface area (Å²) in [6.45, 7) is 3.99. The van der Waals surface area contributed by atoms with E-state index in [9.17, 15) is 13.2 Å². The molecule has 1 aliphatic rings. The molecule has 1 unspecified atom stereocenters. The van der Waals surface area contributed by atoms with Gasteiger partial charge in [-0.25, -0.2) is 8.42 Å². The minimum absolute atomic E-state index is 0.0605. The highest BCUT2D eigenvalue weighted by molar-refractivity contribution is 7.89. The van der Waals surface area contributed by atoms with Crippen LogP contribution in [0, 0.1) is 19.8 Å². The van der Waals surface area contributed by atoms with Crippen molar-refractivity contribution in [1.29, 1.82) is 0 Å². The summed E-state index contributed by atoms with van der Waals surface area (Å²) >= 11 is 0. The maximum atomic E-state index is 12.5. The number of aryl methyl sites for hydroxylation is 2. The highest BCUT2D eigenvalue weighted by Crippen LogP contribution is 2.26. The molecule has 1 saturated heterocycles. The third-order valence-electron chi connectivity index (χ3n) is 3.45. The van der Waals surface area contributed by atoms with Crippen molar-refractivity contribution in [2.75, 3.05) is 13.1 Å². The summed E-state index contributed by atoms with van der Waals surface area (Å²) in [5.74, 6) is -1.53. The van der Waals surface area contributed by atoms with Crippen LogP contribution in [-0.4, -0.2) is 36.9 Å². The van der Waals surface area contributed by atoms with Crippen LogP contribution in [0.4, 0.5) is 0 Å². The highest BCUT2D eigenvalue weighted by atomic mass is 32.2. The lowest BCUT2D eigenvalue weighted by Crippen LogP contribution is -2.30. The molecule has 1 aromatic carbocycles. The van der Waals surface area contributed by atoms with Crippen molar-refractivity contribution in [3.63, 3.8) is 0 Å². The molecule has 0 spiro atoms. The third kappa shape index (κ3) is 2.64. The molecule has 0 aromatic heterocycles. The standard InChI is InChI=1S/C13H17NO4S/c1-9-3-4-12(10(2)7-9)19(17,18)14-6-5-11(8-14)13(15)16/h3-4,7,11H,5-6,8H2,1-2H3,(H,15,16). The smallest absolute Gasteiger partial charge is 0.307 e. The first kappa shape index (κ1) is 14.0. The van der Waals surface area contributed by atoms with Crippen molar-refractivity contribution in [2.45, 2.75) is 25.2 Å². The maximum Gasteiger partial charge on any atom is 0.307 e. The topological polar surface area (TPSA) is 74.7 Å². The third-order valence-corrected chi connectivity index (χ3v) is 5.47. The first-order valence-corrected chi connectivity index (χ1v) is 7.56. The number of carboxylic acid groups (broad SMARTS) is 1. The largest absolute Gasteiger partial charge is 0.481 e. The Morgan fingerprint density at radius 1 is 1.37 bits per heavy atom. The molecule has 0 radical (unpaired) electrons. The van der Waals surface area contributed by atoms with Gasteiger partial charge in [-0.2, -0.15) is 4.31 Å². The Labute approximate surface area is 112 Å². The minimum Gasteiger partial charge on any atom is -0.481 e. The predicted molar refractivity (Wildman–Crippen MR) is 70.4 cm³/mol. The Bertz CT molecular complexity index is 609. The molecule has 0 amide bonds. The zero-order chi connectivity index (χ0) is 14.2. The predicted octanol–water partition coefficient (Wildman–Crippen LogP) is 1.40. The number of aliphatic carboxylic acids is 1. The monoisotopic (exact) mass is 283 g/mol. The molecular weight excluding hydrogens is 266 g/mol. The molecule has 1 aromatic rings. The zero-order valence-corrected chi connectivity index (χ0v) is 11.8. The molecule has 1 N–H and O–H groups in total. The van der Waals surface area contributed by atoms with Crippen molar-refractivity contribution in [3.8, 4) is 0 Å². The first-order valence-electron chi connectivity index (χ1n) is 6.12. The van der Waals surface area contributed by atoms with Gasteiger partial charge in [-0.15, -0.1) is 0 Å². The molecule has 1 atom stereocenters. The van der Waals surface area contributed by atoms with Crippen LogP contribution in [-0.2, 0) is 14.8 Å². The van der Waals surface area contributed by atoms with Crippen molar-refractivity contribution in [3.05, 3.63) is 29.3 Å². The van der Waals surface area contributed by atoms with E-state index >= 15 is 0 Å². The van der Waals surface area contributed by atoms with Crippen molar-refractivity contribution >= 4 is 16.0 Å². The number of rotatable bonds is 3. The molecule has 1 aliphatic heterocycles. The number of nitrogens with zero attached hydrogens (tertiary/aromatic N) is 1. The first-order chi connectivity index (χ1) is 8.82. The van der Waals surface area contributed by atoms with Gasteiger partial charge < -0.3 is 5.11 Å². The molecule has 1 heterocycles. The van der Waals surface area contributed by atoms with E-state index in [2.05, 4.69) is 0 Å². The van der Waals surface area contributed by atoms with Crippen molar-refractivity contribution in [2.24, 2.45) is 5.92 Å². The number of sulfonamides is 1. The summed E-state index contributed by atoms with van der Waals surface area (Å²) in [7, 11) is -3.58. The molecule has 1 fully saturated rings. The molecule has 19 heavy (non-hydrogen) atoms. The summed E-state index contributed by atoms with van der Waals surface area (Å²) in [6, 6.07) is 5.16. The van der Waals surface area contributed by atoms with Crippen LogP contribution < -0.4 is 0 Å². The summed E-state index contributed by atoms with van der Waals surface area (Å²) < 4.78 is 26.2. The van der Waals surface area contributed by atoms with Gasteiger partial charge in [-0.05, 0) is 31.9 Å². The summed E-state index contributed by atoms with van der Waals surface area (Å²) in [4.78, 5) is 11.2. The van der Waals surface area contributed by atoms with Crippen LogP contribution in [0.1, 0.15) is 17.5 Å². The number of carbonyl (C=O) groups is 1. The fraction of sp³-hybridized carbons (Fsp3) is 0.462. The second-order valence-corrected chi connectivity index (χ2v) is 6.86. The lowest BCUT2D eigenvalue weighted by atomic mass is 10.1. The Morgan fingerprint density at radius 3 is 2.58 bits per heavy atom. The van der Waals surface area contributed by atoms with E-state index in [4.69, 9.17) is 5.11 Å². The second kappa shape index (κ2) is 4.94. The second-order valence-electron chi connectivity index (χ2n) is 4.96. The van der Waals surface area contributed by atoms with Crippen molar-refractivity contribution in [1.82, 2.24) is 4.31 Å². The Morgan fingerprint density at radius 2 is 2.05 bits per heavy atom. The summed E-state index contributed by atoms with van der Waals surface area (Å²) in [5, 5.41) is 8.94. The van der Waals surface area contributed by atoms with Gasteiger partial charge in [0.2, 0.25) is 10.0 Å². The number of hydrogen-bond acceptors (Lipinski definition) is 3. The summed E-state index contributed by atoms with van der Waals surface area (Å²) in [5.41, 5.74) is 1.69. The van der Waals surface area contributed by atoms with E-state index in [0.717, 1.165) is 5.56 Å². The van der Waals surface area contributed by atoms with Gasteiger partial charge in [0.15, 0.2) is 0 Å². The van der Waals surface area contributed by atoms with E-state index in [1.807, 2.05) is 13.0 Å². The highest BCUT2D eigenvalue weighted by Gasteiger charge is 2.36. The van der Waals surface area contributed by atoms with Gasteiger partial charge in [0.05, 0.1) is 10.8 Å². The fourth-order valence-electron chi connectivity index (χ4n) is 2.38. The molecule has 104 valence electrons. The van der Waals surface area contributed by atoms with E-state index in [-0.39, 0.29) is 18.0 Å².